The summed E-state index contributed by atoms with van der Waals surface area (Å²) in [5.41, 5.74) is -1.09. The molecule has 0 aliphatic carbocycles. The number of benzene rings is 2. The van der Waals surface area contributed by atoms with Crippen molar-refractivity contribution in [3.63, 3.8) is 0 Å². The standard InChI is InChI=1S/C19H19F3N2O4S/c1-27-10-23(16-8-7-12(29-3)9-15(16)22)19(26)24(11-28-2)18(25)17-13(20)5-4-6-14(17)21/h4-9H,10-11H2,1-3H3. The van der Waals surface area contributed by atoms with Crippen LogP contribution in [0.5, 0.6) is 0 Å². The van der Waals surface area contributed by atoms with Gasteiger partial charge in [0, 0.05) is 19.1 Å². The molecule has 156 valence electrons. The first-order valence-electron chi connectivity index (χ1n) is 8.24. The number of nitrogens with zero attached hydrogens (tertiary/aromatic N) is 2. The van der Waals surface area contributed by atoms with Crippen LogP contribution in [0.2, 0.25) is 0 Å². The quantitative estimate of drug-likeness (QED) is 0.491. The lowest BCUT2D eigenvalue weighted by Crippen LogP contribution is -2.48. The van der Waals surface area contributed by atoms with E-state index in [1.165, 1.54) is 38.1 Å². The summed E-state index contributed by atoms with van der Waals surface area (Å²) in [7, 11) is 2.47. The summed E-state index contributed by atoms with van der Waals surface area (Å²) in [6.45, 7) is -1.03. The largest absolute Gasteiger partial charge is 0.364 e. The van der Waals surface area contributed by atoms with Gasteiger partial charge in [-0.15, -0.1) is 11.8 Å². The van der Waals surface area contributed by atoms with Gasteiger partial charge in [-0.25, -0.2) is 22.9 Å². The number of methoxy groups -OCH3 is 2. The normalized spacial score (nSPS) is 10.7. The van der Waals surface area contributed by atoms with Gasteiger partial charge >= 0.3 is 6.03 Å². The van der Waals surface area contributed by atoms with Crippen molar-refractivity contribution in [3.05, 3.63) is 59.4 Å². The van der Waals surface area contributed by atoms with E-state index in [0.717, 1.165) is 23.1 Å². The summed E-state index contributed by atoms with van der Waals surface area (Å²) >= 11 is 1.30. The van der Waals surface area contributed by atoms with Crippen LogP contribution in [0.25, 0.3) is 0 Å². The molecule has 6 nitrogen and oxygen atoms in total. The van der Waals surface area contributed by atoms with Crippen LogP contribution in [-0.2, 0) is 9.47 Å². The van der Waals surface area contributed by atoms with Crippen LogP contribution < -0.4 is 4.90 Å². The molecule has 3 amide bonds. The number of hydrogen-bond acceptors (Lipinski definition) is 5. The molecule has 0 aromatic heterocycles. The van der Waals surface area contributed by atoms with Crippen molar-refractivity contribution in [1.29, 1.82) is 0 Å². The summed E-state index contributed by atoms with van der Waals surface area (Å²) in [4.78, 5) is 27.7. The van der Waals surface area contributed by atoms with Crippen LogP contribution in [-0.4, -0.2) is 50.8 Å². The van der Waals surface area contributed by atoms with Gasteiger partial charge in [0.25, 0.3) is 5.91 Å². The number of rotatable bonds is 7. The van der Waals surface area contributed by atoms with Gasteiger partial charge in [-0.2, -0.15) is 0 Å². The number of hydrogen-bond donors (Lipinski definition) is 0. The lowest BCUT2D eigenvalue weighted by Gasteiger charge is -2.29. The fourth-order valence-corrected chi connectivity index (χ4v) is 2.93. The summed E-state index contributed by atoms with van der Waals surface area (Å²) in [6, 6.07) is 5.93. The van der Waals surface area contributed by atoms with E-state index in [9.17, 15) is 22.8 Å². The molecule has 0 bridgehead atoms. The number of urea groups is 1. The molecule has 0 fully saturated rings. The van der Waals surface area contributed by atoms with Crippen molar-refractivity contribution in [2.75, 3.05) is 38.8 Å². The Kier molecular flexibility index (Phi) is 8.06. The fraction of sp³-hybridized carbons (Fsp3) is 0.263. The molecule has 2 rings (SSSR count). The molecule has 0 saturated carbocycles. The molecule has 2 aromatic rings. The molecule has 2 aromatic carbocycles. The number of thioether (sulfide) groups is 1. The second kappa shape index (κ2) is 10.3. The highest BCUT2D eigenvalue weighted by Gasteiger charge is 2.32. The average molecular weight is 428 g/mol. The molecule has 0 aliphatic heterocycles. The third-order valence-electron chi connectivity index (χ3n) is 3.85. The van der Waals surface area contributed by atoms with Crippen molar-refractivity contribution < 1.29 is 32.2 Å². The predicted octanol–water partition coefficient (Wildman–Crippen LogP) is 4.10. The van der Waals surface area contributed by atoms with E-state index in [2.05, 4.69) is 0 Å². The monoisotopic (exact) mass is 428 g/mol. The topological polar surface area (TPSA) is 59.1 Å². The van der Waals surface area contributed by atoms with Gasteiger partial charge in [0.1, 0.15) is 36.5 Å². The number of imide groups is 1. The SMILES string of the molecule is COCN(C(=O)c1c(F)cccc1F)C(=O)N(COC)c1ccc(SC)cc1F. The third kappa shape index (κ3) is 5.08. The fourth-order valence-electron chi connectivity index (χ4n) is 2.50. The first kappa shape index (κ1) is 22.7. The van der Waals surface area contributed by atoms with Crippen molar-refractivity contribution >= 4 is 29.4 Å². The molecule has 29 heavy (non-hydrogen) atoms. The van der Waals surface area contributed by atoms with E-state index in [1.54, 1.807) is 12.3 Å². The second-order valence-electron chi connectivity index (χ2n) is 5.69. The molecule has 0 aliphatic rings. The minimum atomic E-state index is -1.27. The summed E-state index contributed by atoms with van der Waals surface area (Å²) in [5.74, 6) is -4.28. The Balaban J connectivity index is 2.47. The predicted molar refractivity (Wildman–Crippen MR) is 102 cm³/mol. The number of amides is 3. The van der Waals surface area contributed by atoms with Gasteiger partial charge in [0.05, 0.1) is 5.69 Å². The van der Waals surface area contributed by atoms with Crippen LogP contribution >= 0.6 is 11.8 Å². The zero-order chi connectivity index (χ0) is 21.6. The van der Waals surface area contributed by atoms with Crippen molar-refractivity contribution in [1.82, 2.24) is 4.90 Å². The molecular formula is C19H19F3N2O4S. The van der Waals surface area contributed by atoms with Crippen LogP contribution in [0.4, 0.5) is 23.7 Å². The van der Waals surface area contributed by atoms with Crippen LogP contribution in [0.3, 0.4) is 0 Å². The Morgan fingerprint density at radius 1 is 0.966 bits per heavy atom. The molecule has 0 saturated heterocycles. The maximum absolute atomic E-state index is 14.6. The molecule has 0 unspecified atom stereocenters. The minimum absolute atomic E-state index is 0.169. The molecule has 0 radical (unpaired) electrons. The Labute approximate surface area is 170 Å². The molecular weight excluding hydrogens is 409 g/mol. The van der Waals surface area contributed by atoms with Gasteiger partial charge in [-0.3, -0.25) is 9.69 Å². The Hall–Kier alpha value is -2.56. The third-order valence-corrected chi connectivity index (χ3v) is 4.57. The van der Waals surface area contributed by atoms with Crippen LogP contribution in [0, 0.1) is 17.5 Å². The summed E-state index contributed by atoms with van der Waals surface area (Å²) in [5, 5.41) is 0. The molecule has 0 spiro atoms. The highest BCUT2D eigenvalue weighted by Crippen LogP contribution is 2.26. The molecule has 0 heterocycles. The van der Waals surface area contributed by atoms with E-state index in [4.69, 9.17) is 9.47 Å². The number of carbonyl (C=O) groups is 2. The van der Waals surface area contributed by atoms with Gasteiger partial charge < -0.3 is 9.47 Å². The Morgan fingerprint density at radius 2 is 1.59 bits per heavy atom. The van der Waals surface area contributed by atoms with Gasteiger partial charge in [0.15, 0.2) is 0 Å². The second-order valence-corrected chi connectivity index (χ2v) is 6.57. The van der Waals surface area contributed by atoms with E-state index >= 15 is 0 Å². The smallest absolute Gasteiger partial charge is 0.335 e. The lowest BCUT2D eigenvalue weighted by atomic mass is 10.1. The lowest BCUT2D eigenvalue weighted by molar-refractivity contribution is 0.0525. The number of anilines is 1. The first-order chi connectivity index (χ1) is 13.8. The average Bonchev–Trinajstić information content (AvgIpc) is 2.69. The number of carbonyl (C=O) groups excluding carboxylic acids is 2. The van der Waals surface area contributed by atoms with Crippen molar-refractivity contribution in [2.45, 2.75) is 4.90 Å². The zero-order valence-electron chi connectivity index (χ0n) is 15.9. The van der Waals surface area contributed by atoms with Gasteiger partial charge in [-0.05, 0) is 36.6 Å². The minimum Gasteiger partial charge on any atom is -0.364 e. The van der Waals surface area contributed by atoms with E-state index in [1.807, 2.05) is 0 Å². The maximum atomic E-state index is 14.6. The maximum Gasteiger partial charge on any atom is 0.335 e. The van der Waals surface area contributed by atoms with Gasteiger partial charge in [0.2, 0.25) is 0 Å². The molecule has 0 N–H and O–H groups in total. The van der Waals surface area contributed by atoms with E-state index in [-0.39, 0.29) is 5.69 Å². The van der Waals surface area contributed by atoms with Crippen molar-refractivity contribution in [3.8, 4) is 0 Å². The van der Waals surface area contributed by atoms with Crippen molar-refractivity contribution in [2.24, 2.45) is 0 Å². The highest BCUT2D eigenvalue weighted by atomic mass is 32.2. The van der Waals surface area contributed by atoms with E-state index < -0.39 is 48.4 Å². The summed E-state index contributed by atoms with van der Waals surface area (Å²) < 4.78 is 52.5. The molecule has 0 atom stereocenters. The van der Waals surface area contributed by atoms with Crippen LogP contribution in [0.15, 0.2) is 41.3 Å². The van der Waals surface area contributed by atoms with Crippen LogP contribution in [0.1, 0.15) is 10.4 Å². The highest BCUT2D eigenvalue weighted by molar-refractivity contribution is 7.98. The van der Waals surface area contributed by atoms with Gasteiger partial charge in [-0.1, -0.05) is 6.07 Å². The Morgan fingerprint density at radius 3 is 2.10 bits per heavy atom. The Bertz CT molecular complexity index is 878. The molecule has 10 heteroatoms. The number of ether oxygens (including phenoxy) is 2. The van der Waals surface area contributed by atoms with E-state index in [0.29, 0.717) is 9.80 Å². The summed E-state index contributed by atoms with van der Waals surface area (Å²) in [6.07, 6.45) is 1.76. The zero-order valence-corrected chi connectivity index (χ0v) is 16.8. The number of halogens is 3. The first-order valence-corrected chi connectivity index (χ1v) is 9.47.